The van der Waals surface area contributed by atoms with Crippen LogP contribution in [0, 0.1) is 5.82 Å². The van der Waals surface area contributed by atoms with Gasteiger partial charge in [-0.25, -0.2) is 9.37 Å². The summed E-state index contributed by atoms with van der Waals surface area (Å²) >= 11 is 6.08. The molecule has 0 amide bonds. The van der Waals surface area contributed by atoms with Crippen LogP contribution in [-0.2, 0) is 11.3 Å². The topological polar surface area (TPSA) is 34.1 Å². The Kier molecular flexibility index (Phi) is 3.99. The van der Waals surface area contributed by atoms with Crippen molar-refractivity contribution < 1.29 is 9.13 Å². The number of hydrogen-bond acceptors (Lipinski definition) is 3. The molecule has 0 fully saturated rings. The molecule has 1 aromatic carbocycles. The lowest BCUT2D eigenvalue weighted by Crippen LogP contribution is -2.03. The summed E-state index contributed by atoms with van der Waals surface area (Å²) in [5.74, 6) is -0.332. The van der Waals surface area contributed by atoms with Gasteiger partial charge in [-0.15, -0.1) is 0 Å². The number of nitrogens with zero attached hydrogens (tertiary/aromatic N) is 1. The van der Waals surface area contributed by atoms with E-state index < -0.39 is 0 Å². The summed E-state index contributed by atoms with van der Waals surface area (Å²) in [6.45, 7) is 3.00. The molecule has 0 aliphatic heterocycles. The van der Waals surface area contributed by atoms with Crippen LogP contribution in [0.5, 0.6) is 0 Å². The largest absolute Gasteiger partial charge is 0.385 e. The molecule has 0 radical (unpaired) electrons. The van der Waals surface area contributed by atoms with E-state index in [1.165, 1.54) is 12.1 Å². The summed E-state index contributed by atoms with van der Waals surface area (Å²) in [4.78, 5) is 4.33. The molecule has 1 N–H and O–H groups in total. The summed E-state index contributed by atoms with van der Waals surface area (Å²) < 4.78 is 19.0. The van der Waals surface area contributed by atoms with Crippen molar-refractivity contribution in [3.8, 4) is 0 Å². The van der Waals surface area contributed by atoms with Crippen molar-refractivity contribution in [3.05, 3.63) is 34.7 Å². The second kappa shape index (κ2) is 5.50. The van der Waals surface area contributed by atoms with Crippen LogP contribution < -0.4 is 5.32 Å². The number of ether oxygens (including phenoxy) is 1. The first-order chi connectivity index (χ1) is 8.67. The van der Waals surface area contributed by atoms with Crippen molar-refractivity contribution in [1.29, 1.82) is 0 Å². The van der Waals surface area contributed by atoms with Crippen LogP contribution >= 0.6 is 11.6 Å². The molecule has 5 heteroatoms. The fourth-order valence-corrected chi connectivity index (χ4v) is 2.07. The first-order valence-corrected chi connectivity index (χ1v) is 6.05. The third-order valence-corrected chi connectivity index (χ3v) is 2.88. The Hall–Kier alpha value is -1.39. The number of rotatable bonds is 4. The number of benzene rings is 1. The van der Waals surface area contributed by atoms with Crippen molar-refractivity contribution in [3.63, 3.8) is 0 Å². The normalized spacial score (nSPS) is 10.9. The minimum atomic E-state index is -0.332. The van der Waals surface area contributed by atoms with Gasteiger partial charge in [-0.05, 0) is 25.1 Å². The number of methoxy groups -OCH3 is 1. The lowest BCUT2D eigenvalue weighted by Gasteiger charge is -2.12. The maximum Gasteiger partial charge on any atom is 0.134 e. The van der Waals surface area contributed by atoms with Crippen LogP contribution in [0.3, 0.4) is 0 Å². The number of halogens is 2. The molecule has 2 rings (SSSR count). The van der Waals surface area contributed by atoms with Crippen LogP contribution in [0.1, 0.15) is 12.6 Å². The van der Waals surface area contributed by atoms with Crippen LogP contribution in [0.25, 0.3) is 10.9 Å². The first kappa shape index (κ1) is 13.1. The zero-order chi connectivity index (χ0) is 13.1. The minimum Gasteiger partial charge on any atom is -0.385 e. The number of hydrogen-bond donors (Lipinski definition) is 1. The molecule has 0 bridgehead atoms. The molecule has 0 unspecified atom stereocenters. The molecular weight excluding hydrogens is 255 g/mol. The zero-order valence-corrected chi connectivity index (χ0v) is 11.0. The smallest absolute Gasteiger partial charge is 0.134 e. The van der Waals surface area contributed by atoms with Gasteiger partial charge >= 0.3 is 0 Å². The van der Waals surface area contributed by atoms with E-state index in [1.54, 1.807) is 13.2 Å². The number of aromatic nitrogens is 1. The molecule has 0 saturated carbocycles. The van der Waals surface area contributed by atoms with Crippen LogP contribution in [0.2, 0.25) is 5.02 Å². The highest BCUT2D eigenvalue weighted by Gasteiger charge is 2.12. The van der Waals surface area contributed by atoms with E-state index >= 15 is 0 Å². The van der Waals surface area contributed by atoms with Gasteiger partial charge in [-0.1, -0.05) is 11.6 Å². The van der Waals surface area contributed by atoms with Crippen molar-refractivity contribution >= 4 is 28.2 Å². The lowest BCUT2D eigenvalue weighted by atomic mass is 10.1. The minimum absolute atomic E-state index is 0.332. The SMILES string of the molecule is CCNc1cc(COC)nc2c(Cl)ccc(F)c12. The fourth-order valence-electron chi connectivity index (χ4n) is 1.87. The molecule has 96 valence electrons. The van der Waals surface area contributed by atoms with Crippen molar-refractivity contribution in [2.45, 2.75) is 13.5 Å². The maximum atomic E-state index is 13.9. The molecule has 1 aromatic heterocycles. The number of nitrogens with one attached hydrogen (secondary N) is 1. The molecule has 0 aliphatic carbocycles. The Balaban J connectivity index is 2.72. The molecule has 0 spiro atoms. The van der Waals surface area contributed by atoms with Crippen molar-refractivity contribution in [2.75, 3.05) is 19.0 Å². The molecule has 18 heavy (non-hydrogen) atoms. The van der Waals surface area contributed by atoms with E-state index in [0.29, 0.717) is 40.5 Å². The number of anilines is 1. The second-order valence-electron chi connectivity index (χ2n) is 3.88. The number of pyridine rings is 1. The van der Waals surface area contributed by atoms with Gasteiger partial charge in [-0.3, -0.25) is 0 Å². The highest BCUT2D eigenvalue weighted by Crippen LogP contribution is 2.31. The van der Waals surface area contributed by atoms with Gasteiger partial charge in [0.2, 0.25) is 0 Å². The van der Waals surface area contributed by atoms with Crippen molar-refractivity contribution in [1.82, 2.24) is 4.98 Å². The molecule has 0 aliphatic rings. The molecule has 2 aromatic rings. The molecular formula is C13H14ClFN2O. The lowest BCUT2D eigenvalue weighted by molar-refractivity contribution is 0.182. The van der Waals surface area contributed by atoms with E-state index in [1.807, 2.05) is 6.92 Å². The van der Waals surface area contributed by atoms with Gasteiger partial charge in [0.15, 0.2) is 0 Å². The maximum absolute atomic E-state index is 13.9. The number of fused-ring (bicyclic) bond motifs is 1. The van der Waals surface area contributed by atoms with Gasteiger partial charge < -0.3 is 10.1 Å². The van der Waals surface area contributed by atoms with Crippen LogP contribution in [0.15, 0.2) is 18.2 Å². The highest BCUT2D eigenvalue weighted by molar-refractivity contribution is 6.35. The second-order valence-corrected chi connectivity index (χ2v) is 4.28. The molecule has 0 atom stereocenters. The quantitative estimate of drug-likeness (QED) is 0.920. The fraction of sp³-hybridized carbons (Fsp3) is 0.308. The van der Waals surface area contributed by atoms with Gasteiger partial charge in [-0.2, -0.15) is 0 Å². The summed E-state index contributed by atoms with van der Waals surface area (Å²) in [6.07, 6.45) is 0. The van der Waals surface area contributed by atoms with Gasteiger partial charge in [0.05, 0.1) is 28.2 Å². The van der Waals surface area contributed by atoms with Crippen LogP contribution in [-0.4, -0.2) is 18.6 Å². The van der Waals surface area contributed by atoms with E-state index in [9.17, 15) is 4.39 Å². The average molecular weight is 269 g/mol. The monoisotopic (exact) mass is 268 g/mol. The predicted octanol–water partition coefficient (Wildman–Crippen LogP) is 3.61. The van der Waals surface area contributed by atoms with E-state index in [2.05, 4.69) is 10.3 Å². The van der Waals surface area contributed by atoms with E-state index in [-0.39, 0.29) is 5.82 Å². The highest BCUT2D eigenvalue weighted by atomic mass is 35.5. The Labute approximate surface area is 110 Å². The summed E-state index contributed by atoms with van der Waals surface area (Å²) in [5, 5.41) is 3.98. The molecule has 1 heterocycles. The predicted molar refractivity (Wildman–Crippen MR) is 71.6 cm³/mol. The Morgan fingerprint density at radius 1 is 1.44 bits per heavy atom. The summed E-state index contributed by atoms with van der Waals surface area (Å²) in [7, 11) is 1.59. The van der Waals surface area contributed by atoms with E-state index in [4.69, 9.17) is 16.3 Å². The Morgan fingerprint density at radius 3 is 2.89 bits per heavy atom. The van der Waals surface area contributed by atoms with Crippen LogP contribution in [0.4, 0.5) is 10.1 Å². The Morgan fingerprint density at radius 2 is 2.22 bits per heavy atom. The van der Waals surface area contributed by atoms with E-state index in [0.717, 1.165) is 0 Å². The third kappa shape index (κ3) is 2.40. The first-order valence-electron chi connectivity index (χ1n) is 5.67. The molecule has 3 nitrogen and oxygen atoms in total. The average Bonchev–Trinajstić information content (AvgIpc) is 2.34. The third-order valence-electron chi connectivity index (χ3n) is 2.57. The van der Waals surface area contributed by atoms with Gasteiger partial charge in [0, 0.05) is 19.3 Å². The standard InChI is InChI=1S/C13H14ClFN2O/c1-3-16-11-6-8(7-18-2)17-13-9(14)4-5-10(15)12(11)13/h4-6H,3,7H2,1-2H3,(H,16,17). The zero-order valence-electron chi connectivity index (χ0n) is 10.3. The molecule has 0 saturated heterocycles. The summed E-state index contributed by atoms with van der Waals surface area (Å²) in [6, 6.07) is 4.65. The summed E-state index contributed by atoms with van der Waals surface area (Å²) in [5.41, 5.74) is 1.87. The Bertz CT molecular complexity index is 574. The van der Waals surface area contributed by atoms with Gasteiger partial charge in [0.25, 0.3) is 0 Å². The van der Waals surface area contributed by atoms with Crippen molar-refractivity contribution in [2.24, 2.45) is 0 Å². The van der Waals surface area contributed by atoms with Gasteiger partial charge in [0.1, 0.15) is 5.82 Å².